The SMILES string of the molecule is CCC(C)c1cc(Cc2ccc(O)cc2)c(O)c(Cc2ccccc2O)c1. The molecular formula is C24H26O3. The van der Waals surface area contributed by atoms with E-state index in [9.17, 15) is 15.3 Å². The molecule has 0 amide bonds. The fraction of sp³-hybridized carbons (Fsp3) is 0.250. The van der Waals surface area contributed by atoms with Crippen LogP contribution in [-0.4, -0.2) is 15.3 Å². The summed E-state index contributed by atoms with van der Waals surface area (Å²) in [5.41, 5.74) is 4.70. The zero-order valence-electron chi connectivity index (χ0n) is 15.8. The van der Waals surface area contributed by atoms with Crippen molar-refractivity contribution in [2.45, 2.75) is 39.0 Å². The van der Waals surface area contributed by atoms with Crippen LogP contribution in [0.2, 0.25) is 0 Å². The number of para-hydroxylation sites is 1. The number of phenolic OH excluding ortho intramolecular Hbond substituents is 3. The first-order valence-corrected chi connectivity index (χ1v) is 9.37. The molecule has 0 radical (unpaired) electrons. The number of aromatic hydroxyl groups is 3. The maximum atomic E-state index is 10.9. The lowest BCUT2D eigenvalue weighted by molar-refractivity contribution is 0.458. The lowest BCUT2D eigenvalue weighted by Gasteiger charge is -2.17. The largest absolute Gasteiger partial charge is 0.508 e. The quantitative estimate of drug-likeness (QED) is 0.543. The second-order valence-corrected chi connectivity index (χ2v) is 7.15. The van der Waals surface area contributed by atoms with Crippen LogP contribution in [0.25, 0.3) is 0 Å². The Morgan fingerprint density at radius 1 is 0.778 bits per heavy atom. The first-order valence-electron chi connectivity index (χ1n) is 9.37. The normalized spacial score (nSPS) is 12.1. The van der Waals surface area contributed by atoms with Gasteiger partial charge in [-0.05, 0) is 58.4 Å². The zero-order chi connectivity index (χ0) is 19.4. The lowest BCUT2D eigenvalue weighted by atomic mass is 9.89. The van der Waals surface area contributed by atoms with Crippen molar-refractivity contribution in [2.75, 3.05) is 0 Å². The minimum atomic E-state index is 0.233. The predicted molar refractivity (Wildman–Crippen MR) is 109 cm³/mol. The van der Waals surface area contributed by atoms with Gasteiger partial charge in [-0.25, -0.2) is 0 Å². The third kappa shape index (κ3) is 4.43. The van der Waals surface area contributed by atoms with Gasteiger partial charge in [0, 0.05) is 12.8 Å². The molecule has 3 nitrogen and oxygen atoms in total. The minimum Gasteiger partial charge on any atom is -0.508 e. The van der Waals surface area contributed by atoms with Gasteiger partial charge in [0.05, 0.1) is 0 Å². The van der Waals surface area contributed by atoms with Gasteiger partial charge in [0.25, 0.3) is 0 Å². The van der Waals surface area contributed by atoms with E-state index in [1.165, 1.54) is 5.56 Å². The monoisotopic (exact) mass is 362 g/mol. The molecule has 0 heterocycles. The Bertz CT molecular complexity index is 913. The van der Waals surface area contributed by atoms with Crippen molar-refractivity contribution in [2.24, 2.45) is 0 Å². The van der Waals surface area contributed by atoms with E-state index in [4.69, 9.17) is 0 Å². The molecular weight excluding hydrogens is 336 g/mol. The van der Waals surface area contributed by atoms with Crippen molar-refractivity contribution in [3.63, 3.8) is 0 Å². The Labute approximate surface area is 160 Å². The van der Waals surface area contributed by atoms with Crippen molar-refractivity contribution in [3.05, 3.63) is 88.5 Å². The molecule has 0 saturated heterocycles. The molecule has 0 aliphatic carbocycles. The van der Waals surface area contributed by atoms with Crippen LogP contribution >= 0.6 is 0 Å². The molecule has 0 bridgehead atoms. The smallest absolute Gasteiger partial charge is 0.122 e. The van der Waals surface area contributed by atoms with Gasteiger partial charge in [-0.1, -0.05) is 56.3 Å². The third-order valence-corrected chi connectivity index (χ3v) is 5.17. The van der Waals surface area contributed by atoms with E-state index in [0.29, 0.717) is 18.8 Å². The molecule has 0 aromatic heterocycles. The van der Waals surface area contributed by atoms with Gasteiger partial charge in [0.15, 0.2) is 0 Å². The summed E-state index contributed by atoms with van der Waals surface area (Å²) in [6.07, 6.45) is 2.08. The Balaban J connectivity index is 2.01. The molecule has 0 fully saturated rings. The van der Waals surface area contributed by atoms with Crippen LogP contribution in [0.15, 0.2) is 60.7 Å². The molecule has 3 heteroatoms. The van der Waals surface area contributed by atoms with E-state index in [-0.39, 0.29) is 17.2 Å². The van der Waals surface area contributed by atoms with Crippen molar-refractivity contribution in [3.8, 4) is 17.2 Å². The summed E-state index contributed by atoms with van der Waals surface area (Å²) in [6.45, 7) is 4.33. The molecule has 1 atom stereocenters. The maximum absolute atomic E-state index is 10.9. The van der Waals surface area contributed by atoms with E-state index in [1.54, 1.807) is 24.3 Å². The van der Waals surface area contributed by atoms with E-state index in [0.717, 1.165) is 28.7 Å². The lowest BCUT2D eigenvalue weighted by Crippen LogP contribution is -2.00. The average Bonchev–Trinajstić information content (AvgIpc) is 2.67. The molecule has 3 rings (SSSR count). The number of hydrogen-bond donors (Lipinski definition) is 3. The predicted octanol–water partition coefficient (Wildman–Crippen LogP) is 5.50. The minimum absolute atomic E-state index is 0.233. The number of benzene rings is 3. The topological polar surface area (TPSA) is 60.7 Å². The van der Waals surface area contributed by atoms with Gasteiger partial charge in [-0.2, -0.15) is 0 Å². The summed E-state index contributed by atoms with van der Waals surface area (Å²) >= 11 is 0. The van der Waals surface area contributed by atoms with Crippen LogP contribution in [0.5, 0.6) is 17.2 Å². The van der Waals surface area contributed by atoms with Crippen LogP contribution in [-0.2, 0) is 12.8 Å². The van der Waals surface area contributed by atoms with Crippen molar-refractivity contribution in [1.29, 1.82) is 0 Å². The van der Waals surface area contributed by atoms with Crippen molar-refractivity contribution >= 4 is 0 Å². The van der Waals surface area contributed by atoms with E-state index >= 15 is 0 Å². The molecule has 140 valence electrons. The van der Waals surface area contributed by atoms with Gasteiger partial charge in [-0.15, -0.1) is 0 Å². The van der Waals surface area contributed by atoms with Crippen LogP contribution in [0, 0.1) is 0 Å². The summed E-state index contributed by atoms with van der Waals surface area (Å²) in [4.78, 5) is 0. The Morgan fingerprint density at radius 2 is 1.41 bits per heavy atom. The van der Waals surface area contributed by atoms with Gasteiger partial charge in [0.2, 0.25) is 0 Å². The highest BCUT2D eigenvalue weighted by molar-refractivity contribution is 5.50. The summed E-state index contributed by atoms with van der Waals surface area (Å²) in [6, 6.07) is 18.4. The van der Waals surface area contributed by atoms with E-state index < -0.39 is 0 Å². The van der Waals surface area contributed by atoms with Crippen molar-refractivity contribution in [1.82, 2.24) is 0 Å². The van der Waals surface area contributed by atoms with E-state index in [2.05, 4.69) is 26.0 Å². The molecule has 1 unspecified atom stereocenters. The Hall–Kier alpha value is -2.94. The van der Waals surface area contributed by atoms with Gasteiger partial charge < -0.3 is 15.3 Å². The Morgan fingerprint density at radius 3 is 2.04 bits per heavy atom. The molecule has 3 N–H and O–H groups in total. The zero-order valence-corrected chi connectivity index (χ0v) is 15.8. The first-order chi connectivity index (χ1) is 13.0. The summed E-state index contributed by atoms with van der Waals surface area (Å²) < 4.78 is 0. The fourth-order valence-electron chi connectivity index (χ4n) is 3.28. The molecule has 0 aliphatic rings. The second kappa shape index (κ2) is 8.17. The molecule has 3 aromatic rings. The number of phenols is 3. The molecule has 0 spiro atoms. The third-order valence-electron chi connectivity index (χ3n) is 5.17. The van der Waals surface area contributed by atoms with Crippen molar-refractivity contribution < 1.29 is 15.3 Å². The fourth-order valence-corrected chi connectivity index (χ4v) is 3.28. The van der Waals surface area contributed by atoms with Gasteiger partial charge in [-0.3, -0.25) is 0 Å². The molecule has 0 saturated carbocycles. The highest BCUT2D eigenvalue weighted by Crippen LogP contribution is 2.34. The van der Waals surface area contributed by atoms with Crippen LogP contribution in [0.3, 0.4) is 0 Å². The van der Waals surface area contributed by atoms with Crippen LogP contribution in [0.4, 0.5) is 0 Å². The summed E-state index contributed by atoms with van der Waals surface area (Å²) in [7, 11) is 0. The summed E-state index contributed by atoms with van der Waals surface area (Å²) in [5, 5.41) is 30.5. The maximum Gasteiger partial charge on any atom is 0.122 e. The van der Waals surface area contributed by atoms with Crippen LogP contribution < -0.4 is 0 Å². The van der Waals surface area contributed by atoms with Crippen LogP contribution in [0.1, 0.15) is 54.0 Å². The highest BCUT2D eigenvalue weighted by atomic mass is 16.3. The Kier molecular flexibility index (Phi) is 5.70. The highest BCUT2D eigenvalue weighted by Gasteiger charge is 2.15. The van der Waals surface area contributed by atoms with Gasteiger partial charge >= 0.3 is 0 Å². The molecule has 3 aromatic carbocycles. The van der Waals surface area contributed by atoms with Gasteiger partial charge in [0.1, 0.15) is 17.2 Å². The number of hydrogen-bond acceptors (Lipinski definition) is 3. The average molecular weight is 362 g/mol. The molecule has 27 heavy (non-hydrogen) atoms. The summed E-state index contributed by atoms with van der Waals surface area (Å²) in [5.74, 6) is 1.13. The molecule has 0 aliphatic heterocycles. The first kappa shape index (κ1) is 18.8. The second-order valence-electron chi connectivity index (χ2n) is 7.15. The number of rotatable bonds is 6. The standard InChI is InChI=1S/C24H26O3/c1-3-16(2)19-14-20(12-17-8-10-22(25)11-9-17)24(27)21(15-19)13-18-6-4-5-7-23(18)26/h4-11,14-16,25-27H,3,12-13H2,1-2H3. The van der Waals surface area contributed by atoms with E-state index in [1.807, 2.05) is 24.3 Å².